The van der Waals surface area contributed by atoms with Crippen molar-refractivity contribution in [1.82, 2.24) is 25.1 Å². The van der Waals surface area contributed by atoms with E-state index in [2.05, 4.69) is 25.7 Å². The first-order chi connectivity index (χ1) is 14.1. The summed E-state index contributed by atoms with van der Waals surface area (Å²) in [4.78, 5) is 20.4. The SMILES string of the molecule is N#Cc1cnc(-n2cc(C(=O)Nc3ccc([C@H]4CNCCO4)c(F)c3)cn2)cn1. The van der Waals surface area contributed by atoms with Gasteiger partial charge in [0.2, 0.25) is 0 Å². The van der Waals surface area contributed by atoms with Crippen LogP contribution < -0.4 is 10.6 Å². The minimum absolute atomic E-state index is 0.179. The van der Waals surface area contributed by atoms with E-state index >= 15 is 0 Å². The third-order valence-corrected chi connectivity index (χ3v) is 4.37. The van der Waals surface area contributed by atoms with Gasteiger partial charge in [0.15, 0.2) is 11.5 Å². The number of benzene rings is 1. The number of rotatable bonds is 4. The van der Waals surface area contributed by atoms with Crippen molar-refractivity contribution >= 4 is 11.6 Å². The number of hydrogen-bond donors (Lipinski definition) is 2. The summed E-state index contributed by atoms with van der Waals surface area (Å²) in [5.74, 6) is -0.528. The summed E-state index contributed by atoms with van der Waals surface area (Å²) >= 11 is 0. The molecule has 4 rings (SSSR count). The van der Waals surface area contributed by atoms with Crippen molar-refractivity contribution in [2.45, 2.75) is 6.10 Å². The topological polar surface area (TPSA) is 118 Å². The minimum Gasteiger partial charge on any atom is -0.371 e. The van der Waals surface area contributed by atoms with E-state index in [0.717, 1.165) is 6.54 Å². The number of nitriles is 1. The fourth-order valence-electron chi connectivity index (χ4n) is 2.90. The van der Waals surface area contributed by atoms with Gasteiger partial charge in [0, 0.05) is 30.5 Å². The number of anilines is 1. The average Bonchev–Trinajstić information content (AvgIpc) is 3.25. The summed E-state index contributed by atoms with van der Waals surface area (Å²) in [7, 11) is 0. The van der Waals surface area contributed by atoms with Crippen molar-refractivity contribution in [3.63, 3.8) is 0 Å². The minimum atomic E-state index is -0.444. The van der Waals surface area contributed by atoms with E-state index in [-0.39, 0.29) is 17.4 Å². The number of aromatic nitrogens is 4. The van der Waals surface area contributed by atoms with E-state index in [4.69, 9.17) is 10.00 Å². The standard InChI is InChI=1S/C19H16FN7O2/c20-16-5-13(1-2-15(16)17-9-22-3-4-29-17)26-19(28)12-7-25-27(11-12)18-10-23-14(6-21)8-24-18/h1-2,5,7-8,10-11,17,22H,3-4,9H2,(H,26,28)/t17-/m1/s1. The summed E-state index contributed by atoms with van der Waals surface area (Å²) in [6, 6.07) is 6.38. The zero-order valence-electron chi connectivity index (χ0n) is 15.2. The van der Waals surface area contributed by atoms with E-state index < -0.39 is 11.7 Å². The van der Waals surface area contributed by atoms with Crippen LogP contribution >= 0.6 is 0 Å². The molecule has 3 aromatic rings. The molecule has 0 radical (unpaired) electrons. The normalized spacial score (nSPS) is 16.2. The Balaban J connectivity index is 1.46. The molecule has 1 amide bonds. The van der Waals surface area contributed by atoms with Crippen LogP contribution in [0.2, 0.25) is 0 Å². The van der Waals surface area contributed by atoms with E-state index in [1.165, 1.54) is 35.5 Å². The molecule has 0 spiro atoms. The molecule has 0 aliphatic carbocycles. The molecular weight excluding hydrogens is 377 g/mol. The predicted molar refractivity (Wildman–Crippen MR) is 99.8 cm³/mol. The first kappa shape index (κ1) is 18.7. The van der Waals surface area contributed by atoms with Crippen LogP contribution in [0.15, 0.2) is 43.0 Å². The molecule has 1 saturated heterocycles. The molecule has 0 unspecified atom stereocenters. The number of hydrogen-bond acceptors (Lipinski definition) is 7. The zero-order chi connectivity index (χ0) is 20.2. The van der Waals surface area contributed by atoms with Crippen LogP contribution in [0, 0.1) is 17.1 Å². The Kier molecular flexibility index (Phi) is 5.24. The van der Waals surface area contributed by atoms with Crippen LogP contribution in [0.3, 0.4) is 0 Å². The molecule has 9 nitrogen and oxygen atoms in total. The Morgan fingerprint density at radius 1 is 1.34 bits per heavy atom. The molecule has 1 aliphatic rings. The second-order valence-corrected chi connectivity index (χ2v) is 6.30. The molecule has 1 aromatic carbocycles. The molecule has 2 aromatic heterocycles. The van der Waals surface area contributed by atoms with Crippen molar-refractivity contribution in [3.05, 3.63) is 65.6 Å². The van der Waals surface area contributed by atoms with Gasteiger partial charge in [-0.2, -0.15) is 10.4 Å². The van der Waals surface area contributed by atoms with Crippen molar-refractivity contribution in [2.24, 2.45) is 0 Å². The molecule has 2 N–H and O–H groups in total. The van der Waals surface area contributed by atoms with Gasteiger partial charge in [0.05, 0.1) is 36.9 Å². The van der Waals surface area contributed by atoms with Crippen LogP contribution in [0.4, 0.5) is 10.1 Å². The van der Waals surface area contributed by atoms with E-state index in [1.807, 2.05) is 6.07 Å². The second-order valence-electron chi connectivity index (χ2n) is 6.30. The first-order valence-corrected chi connectivity index (χ1v) is 8.84. The average molecular weight is 393 g/mol. The molecule has 0 bridgehead atoms. The monoisotopic (exact) mass is 393 g/mol. The van der Waals surface area contributed by atoms with Gasteiger partial charge in [-0.3, -0.25) is 4.79 Å². The summed E-state index contributed by atoms with van der Waals surface area (Å²) in [5, 5.41) is 18.6. The van der Waals surface area contributed by atoms with Gasteiger partial charge in [-0.15, -0.1) is 0 Å². The van der Waals surface area contributed by atoms with Crippen LogP contribution in [-0.4, -0.2) is 45.4 Å². The lowest BCUT2D eigenvalue weighted by atomic mass is 10.1. The Bertz CT molecular complexity index is 1070. The highest BCUT2D eigenvalue weighted by atomic mass is 19.1. The smallest absolute Gasteiger partial charge is 0.258 e. The van der Waals surface area contributed by atoms with Crippen LogP contribution in [-0.2, 0) is 4.74 Å². The van der Waals surface area contributed by atoms with Crippen molar-refractivity contribution in [2.75, 3.05) is 25.0 Å². The number of nitrogens with one attached hydrogen (secondary N) is 2. The number of carbonyl (C=O) groups is 1. The third-order valence-electron chi connectivity index (χ3n) is 4.37. The Hall–Kier alpha value is -3.68. The molecule has 1 fully saturated rings. The maximum Gasteiger partial charge on any atom is 0.258 e. The number of nitrogens with zero attached hydrogens (tertiary/aromatic N) is 5. The van der Waals surface area contributed by atoms with E-state index in [9.17, 15) is 9.18 Å². The quantitative estimate of drug-likeness (QED) is 0.691. The lowest BCUT2D eigenvalue weighted by Gasteiger charge is -2.24. The first-order valence-electron chi connectivity index (χ1n) is 8.84. The number of amides is 1. The fourth-order valence-corrected chi connectivity index (χ4v) is 2.90. The van der Waals surface area contributed by atoms with Gasteiger partial charge >= 0.3 is 0 Å². The van der Waals surface area contributed by atoms with Gasteiger partial charge < -0.3 is 15.4 Å². The summed E-state index contributed by atoms with van der Waals surface area (Å²) in [5.41, 5.74) is 1.22. The molecule has 146 valence electrons. The second kappa shape index (κ2) is 8.14. The van der Waals surface area contributed by atoms with Gasteiger partial charge in [0.1, 0.15) is 11.9 Å². The van der Waals surface area contributed by atoms with Crippen LogP contribution in [0.1, 0.15) is 27.7 Å². The van der Waals surface area contributed by atoms with Gasteiger partial charge in [-0.25, -0.2) is 19.0 Å². The zero-order valence-corrected chi connectivity index (χ0v) is 15.2. The molecule has 10 heteroatoms. The van der Waals surface area contributed by atoms with E-state index in [1.54, 1.807) is 12.1 Å². The molecular formula is C19H16FN7O2. The summed E-state index contributed by atoms with van der Waals surface area (Å²) in [6.45, 7) is 1.81. The predicted octanol–water partition coefficient (Wildman–Crippen LogP) is 1.59. The Labute approximate surface area is 165 Å². The summed E-state index contributed by atoms with van der Waals surface area (Å²) < 4.78 is 21.4. The third kappa shape index (κ3) is 4.11. The maximum absolute atomic E-state index is 14.5. The number of carbonyl (C=O) groups excluding carboxylic acids is 1. The highest BCUT2D eigenvalue weighted by Gasteiger charge is 2.20. The summed E-state index contributed by atoms with van der Waals surface area (Å²) in [6.07, 6.45) is 5.18. The van der Waals surface area contributed by atoms with Crippen molar-refractivity contribution < 1.29 is 13.9 Å². The van der Waals surface area contributed by atoms with Crippen molar-refractivity contribution in [3.8, 4) is 11.9 Å². The number of halogens is 1. The number of ether oxygens (including phenoxy) is 1. The van der Waals surface area contributed by atoms with Gasteiger partial charge in [0.25, 0.3) is 5.91 Å². The fraction of sp³-hybridized carbons (Fsp3) is 0.211. The highest BCUT2D eigenvalue weighted by molar-refractivity contribution is 6.04. The number of morpholine rings is 1. The molecule has 0 saturated carbocycles. The Morgan fingerprint density at radius 2 is 2.24 bits per heavy atom. The van der Waals surface area contributed by atoms with Gasteiger partial charge in [-0.1, -0.05) is 6.07 Å². The molecule has 29 heavy (non-hydrogen) atoms. The molecule has 3 heterocycles. The lowest BCUT2D eigenvalue weighted by molar-refractivity contribution is 0.0255. The van der Waals surface area contributed by atoms with E-state index in [0.29, 0.717) is 30.2 Å². The highest BCUT2D eigenvalue weighted by Crippen LogP contribution is 2.24. The van der Waals surface area contributed by atoms with Crippen molar-refractivity contribution in [1.29, 1.82) is 5.26 Å². The lowest BCUT2D eigenvalue weighted by Crippen LogP contribution is -2.33. The Morgan fingerprint density at radius 3 is 2.93 bits per heavy atom. The van der Waals surface area contributed by atoms with Crippen LogP contribution in [0.5, 0.6) is 0 Å². The van der Waals surface area contributed by atoms with Gasteiger partial charge in [-0.05, 0) is 12.1 Å². The van der Waals surface area contributed by atoms with Crippen LogP contribution in [0.25, 0.3) is 5.82 Å². The molecule has 1 aliphatic heterocycles. The largest absolute Gasteiger partial charge is 0.371 e. The molecule has 1 atom stereocenters. The maximum atomic E-state index is 14.5.